The molecule has 160 valence electrons. The van der Waals surface area contributed by atoms with Crippen molar-refractivity contribution in [2.45, 2.75) is 17.3 Å². The van der Waals surface area contributed by atoms with E-state index in [0.717, 1.165) is 26.3 Å². The third-order valence-electron chi connectivity index (χ3n) is 5.09. The lowest BCUT2D eigenvalue weighted by atomic mass is 10.1. The molecule has 0 bridgehead atoms. The monoisotopic (exact) mass is 460 g/mol. The molecular formula is C24H20N4O2S2. The summed E-state index contributed by atoms with van der Waals surface area (Å²) in [4.78, 5) is 14.3. The van der Waals surface area contributed by atoms with Crippen molar-refractivity contribution in [3.05, 3.63) is 83.9 Å². The van der Waals surface area contributed by atoms with Crippen LogP contribution in [-0.4, -0.2) is 27.6 Å². The number of carbonyl (C=O) groups excluding carboxylic acids is 1. The second kappa shape index (κ2) is 8.64. The van der Waals surface area contributed by atoms with Gasteiger partial charge in [-0.05, 0) is 42.3 Å². The zero-order chi connectivity index (χ0) is 22.1. The Kier molecular flexibility index (Phi) is 5.55. The van der Waals surface area contributed by atoms with E-state index in [-0.39, 0.29) is 5.91 Å². The van der Waals surface area contributed by atoms with Gasteiger partial charge in [-0.3, -0.25) is 9.20 Å². The summed E-state index contributed by atoms with van der Waals surface area (Å²) in [7, 11) is 1.60. The minimum absolute atomic E-state index is 0.151. The van der Waals surface area contributed by atoms with Crippen molar-refractivity contribution >= 4 is 49.9 Å². The number of ether oxygens (including phenoxy) is 1. The molecule has 1 unspecified atom stereocenters. The fourth-order valence-corrected chi connectivity index (χ4v) is 5.63. The first-order chi connectivity index (χ1) is 15.6. The Morgan fingerprint density at radius 2 is 1.84 bits per heavy atom. The summed E-state index contributed by atoms with van der Waals surface area (Å²) in [5, 5.41) is 11.9. The van der Waals surface area contributed by atoms with Crippen LogP contribution in [0.5, 0.6) is 5.75 Å². The number of carbonyl (C=O) groups is 1. The Balaban J connectivity index is 1.53. The van der Waals surface area contributed by atoms with Crippen molar-refractivity contribution in [2.75, 3.05) is 12.4 Å². The summed E-state index contributed by atoms with van der Waals surface area (Å²) in [6, 6.07) is 23.5. The molecule has 6 nitrogen and oxygen atoms in total. The van der Waals surface area contributed by atoms with Crippen molar-refractivity contribution in [3.63, 3.8) is 0 Å². The van der Waals surface area contributed by atoms with Crippen molar-refractivity contribution in [1.82, 2.24) is 14.6 Å². The number of rotatable bonds is 6. The highest BCUT2D eigenvalue weighted by molar-refractivity contribution is 8.00. The van der Waals surface area contributed by atoms with Crippen molar-refractivity contribution < 1.29 is 9.53 Å². The standard InChI is InChI=1S/C24H20N4O2S2/c1-15-12-13-19(30-2)17(14-15)25-22(29)21(16-8-4-3-5-9-16)32-24-27-26-23-28(24)18-10-6-7-11-20(18)31-23/h3-14,21H,1-2H3,(H,25,29). The third kappa shape index (κ3) is 3.83. The van der Waals surface area contributed by atoms with Crippen LogP contribution < -0.4 is 10.1 Å². The van der Waals surface area contributed by atoms with Gasteiger partial charge < -0.3 is 10.1 Å². The lowest BCUT2D eigenvalue weighted by Crippen LogP contribution is -2.20. The molecule has 8 heteroatoms. The van der Waals surface area contributed by atoms with Gasteiger partial charge in [0.15, 0.2) is 5.16 Å². The normalized spacial score (nSPS) is 12.2. The van der Waals surface area contributed by atoms with E-state index in [1.165, 1.54) is 11.8 Å². The molecule has 1 N–H and O–H groups in total. The van der Waals surface area contributed by atoms with Gasteiger partial charge in [-0.1, -0.05) is 71.6 Å². The maximum Gasteiger partial charge on any atom is 0.242 e. The molecule has 0 radical (unpaired) electrons. The largest absolute Gasteiger partial charge is 0.495 e. The average Bonchev–Trinajstić information content (AvgIpc) is 3.37. The highest BCUT2D eigenvalue weighted by Gasteiger charge is 2.26. The summed E-state index contributed by atoms with van der Waals surface area (Å²) >= 11 is 2.97. The zero-order valence-electron chi connectivity index (χ0n) is 17.5. The van der Waals surface area contributed by atoms with Crippen LogP contribution in [0.2, 0.25) is 0 Å². The van der Waals surface area contributed by atoms with Gasteiger partial charge in [-0.2, -0.15) is 0 Å². The molecule has 0 spiro atoms. The van der Waals surface area contributed by atoms with Gasteiger partial charge in [0.25, 0.3) is 0 Å². The molecule has 2 heterocycles. The molecule has 32 heavy (non-hydrogen) atoms. The van der Waals surface area contributed by atoms with E-state index in [4.69, 9.17) is 4.74 Å². The molecular weight excluding hydrogens is 440 g/mol. The van der Waals surface area contributed by atoms with E-state index in [9.17, 15) is 4.79 Å². The number of benzene rings is 3. The van der Waals surface area contributed by atoms with Gasteiger partial charge >= 0.3 is 0 Å². The van der Waals surface area contributed by atoms with Crippen LogP contribution in [0.25, 0.3) is 15.2 Å². The maximum absolute atomic E-state index is 13.5. The number of nitrogens with zero attached hydrogens (tertiary/aromatic N) is 3. The first kappa shape index (κ1) is 20.5. The van der Waals surface area contributed by atoms with Gasteiger partial charge in [0.05, 0.1) is 23.0 Å². The van der Waals surface area contributed by atoms with Crippen LogP contribution >= 0.6 is 23.1 Å². The molecule has 0 fully saturated rings. The number of hydrogen-bond donors (Lipinski definition) is 1. The van der Waals surface area contributed by atoms with Crippen LogP contribution in [0.4, 0.5) is 5.69 Å². The number of amides is 1. The minimum atomic E-state index is -0.521. The molecule has 0 saturated heterocycles. The third-order valence-corrected chi connectivity index (χ3v) is 7.30. The number of aryl methyl sites for hydroxylation is 1. The molecule has 5 rings (SSSR count). The average molecular weight is 461 g/mol. The molecule has 5 aromatic rings. The number of para-hydroxylation sites is 1. The number of hydrogen-bond acceptors (Lipinski definition) is 6. The molecule has 1 amide bonds. The van der Waals surface area contributed by atoms with E-state index >= 15 is 0 Å². The van der Waals surface area contributed by atoms with Crippen LogP contribution in [0.1, 0.15) is 16.4 Å². The van der Waals surface area contributed by atoms with Gasteiger partial charge in [0, 0.05) is 0 Å². The molecule has 0 aliphatic carbocycles. The van der Waals surface area contributed by atoms with Crippen LogP contribution in [0.15, 0.2) is 78.0 Å². The smallest absolute Gasteiger partial charge is 0.242 e. The minimum Gasteiger partial charge on any atom is -0.495 e. The molecule has 2 aromatic heterocycles. The Labute approximate surface area is 193 Å². The first-order valence-electron chi connectivity index (χ1n) is 10.0. The highest BCUT2D eigenvalue weighted by Crippen LogP contribution is 2.38. The quantitative estimate of drug-likeness (QED) is 0.328. The van der Waals surface area contributed by atoms with E-state index in [1.807, 2.05) is 78.1 Å². The van der Waals surface area contributed by atoms with Gasteiger partial charge in [-0.15, -0.1) is 10.2 Å². The topological polar surface area (TPSA) is 68.5 Å². The number of nitrogens with one attached hydrogen (secondary N) is 1. The molecule has 0 aliphatic heterocycles. The van der Waals surface area contributed by atoms with E-state index < -0.39 is 5.25 Å². The number of fused-ring (bicyclic) bond motifs is 3. The lowest BCUT2D eigenvalue weighted by molar-refractivity contribution is -0.115. The number of aromatic nitrogens is 3. The van der Waals surface area contributed by atoms with Crippen LogP contribution in [0, 0.1) is 6.92 Å². The van der Waals surface area contributed by atoms with Gasteiger partial charge in [0.2, 0.25) is 10.9 Å². The van der Waals surface area contributed by atoms with Gasteiger partial charge in [-0.25, -0.2) is 0 Å². The maximum atomic E-state index is 13.5. The van der Waals surface area contributed by atoms with E-state index in [2.05, 4.69) is 21.6 Å². The molecule has 3 aromatic carbocycles. The summed E-state index contributed by atoms with van der Waals surface area (Å²) in [6.07, 6.45) is 0. The van der Waals surface area contributed by atoms with Crippen LogP contribution in [0.3, 0.4) is 0 Å². The SMILES string of the molecule is COc1ccc(C)cc1NC(=O)C(Sc1nnc2sc3ccccc3n12)c1ccccc1. The Morgan fingerprint density at radius 3 is 2.66 bits per heavy atom. The highest BCUT2D eigenvalue weighted by atomic mass is 32.2. The van der Waals surface area contributed by atoms with Crippen molar-refractivity contribution in [2.24, 2.45) is 0 Å². The predicted octanol–water partition coefficient (Wildman–Crippen LogP) is 5.73. The van der Waals surface area contributed by atoms with E-state index in [0.29, 0.717) is 16.6 Å². The fraction of sp³-hybridized carbons (Fsp3) is 0.125. The Bertz CT molecular complexity index is 1410. The zero-order valence-corrected chi connectivity index (χ0v) is 19.1. The molecule has 0 aliphatic rings. The van der Waals surface area contributed by atoms with Crippen LogP contribution in [-0.2, 0) is 4.79 Å². The Hall–Kier alpha value is -3.36. The summed E-state index contributed by atoms with van der Waals surface area (Å²) in [5.74, 6) is 0.468. The van der Waals surface area contributed by atoms with Crippen molar-refractivity contribution in [1.29, 1.82) is 0 Å². The number of methoxy groups -OCH3 is 1. The second-order valence-electron chi connectivity index (χ2n) is 7.27. The molecule has 1 atom stereocenters. The predicted molar refractivity (Wildman–Crippen MR) is 130 cm³/mol. The number of anilines is 1. The van der Waals surface area contributed by atoms with Gasteiger partial charge in [0.1, 0.15) is 11.0 Å². The fourth-order valence-electron chi connectivity index (χ4n) is 3.56. The first-order valence-corrected chi connectivity index (χ1v) is 11.7. The Morgan fingerprint density at radius 1 is 1.06 bits per heavy atom. The van der Waals surface area contributed by atoms with Crippen molar-refractivity contribution in [3.8, 4) is 5.75 Å². The number of thiazole rings is 1. The second-order valence-corrected chi connectivity index (χ2v) is 9.35. The summed E-state index contributed by atoms with van der Waals surface area (Å²) in [5.41, 5.74) is 3.60. The summed E-state index contributed by atoms with van der Waals surface area (Å²) < 4.78 is 8.59. The van der Waals surface area contributed by atoms with E-state index in [1.54, 1.807) is 18.4 Å². The number of thioether (sulfide) groups is 1. The lowest BCUT2D eigenvalue weighted by Gasteiger charge is -2.17. The summed E-state index contributed by atoms with van der Waals surface area (Å²) in [6.45, 7) is 1.98. The molecule has 0 saturated carbocycles.